The van der Waals surface area contributed by atoms with Gasteiger partial charge in [-0.1, -0.05) is 44.2 Å². The van der Waals surface area contributed by atoms with Crippen LogP contribution in [0.3, 0.4) is 0 Å². The summed E-state index contributed by atoms with van der Waals surface area (Å²) in [5.74, 6) is 0.186. The van der Waals surface area contributed by atoms with Gasteiger partial charge in [-0.3, -0.25) is 14.4 Å². The number of nitrogens with zero attached hydrogens (tertiary/aromatic N) is 3. The molecule has 2 aliphatic heterocycles. The van der Waals surface area contributed by atoms with E-state index in [0.717, 1.165) is 5.56 Å². The molecule has 1 atom stereocenters. The average Bonchev–Trinajstić information content (AvgIpc) is 2.86. The van der Waals surface area contributed by atoms with Gasteiger partial charge in [-0.05, 0) is 12.5 Å². The predicted molar refractivity (Wildman–Crippen MR) is 107 cm³/mol. The highest BCUT2D eigenvalue weighted by atomic mass is 16.2. The SMILES string of the molecule is CCN1C[C@@]2(CC1=O)CN(C(=O)Cc1ccccc1)CCN(C(=O)C(C)C)C2. The fourth-order valence-electron chi connectivity index (χ4n) is 4.39. The van der Waals surface area contributed by atoms with Gasteiger partial charge in [0.05, 0.1) is 6.42 Å². The molecule has 1 spiro atoms. The minimum atomic E-state index is -0.375. The molecule has 2 aliphatic rings. The third kappa shape index (κ3) is 4.37. The Bertz CT molecular complexity index is 734. The lowest BCUT2D eigenvalue weighted by Gasteiger charge is -2.34. The van der Waals surface area contributed by atoms with E-state index in [1.54, 1.807) is 0 Å². The first-order valence-electron chi connectivity index (χ1n) is 10.2. The Morgan fingerprint density at radius 3 is 2.29 bits per heavy atom. The summed E-state index contributed by atoms with van der Waals surface area (Å²) in [7, 11) is 0. The fraction of sp³-hybridized carbons (Fsp3) is 0.591. The van der Waals surface area contributed by atoms with Crippen molar-refractivity contribution in [3.8, 4) is 0 Å². The molecular weight excluding hydrogens is 354 g/mol. The minimum absolute atomic E-state index is 0.0619. The molecule has 152 valence electrons. The molecule has 28 heavy (non-hydrogen) atoms. The normalized spacial score (nSPS) is 22.9. The Hall–Kier alpha value is -2.37. The van der Waals surface area contributed by atoms with Crippen LogP contribution in [0.1, 0.15) is 32.8 Å². The lowest BCUT2D eigenvalue weighted by atomic mass is 9.85. The van der Waals surface area contributed by atoms with Crippen LogP contribution in [0.25, 0.3) is 0 Å². The molecular formula is C22H31N3O3. The van der Waals surface area contributed by atoms with Gasteiger partial charge < -0.3 is 14.7 Å². The highest BCUT2D eigenvalue weighted by molar-refractivity contribution is 5.82. The van der Waals surface area contributed by atoms with Crippen LogP contribution < -0.4 is 0 Å². The number of likely N-dealkylation sites (tertiary alicyclic amines) is 1. The first kappa shape index (κ1) is 20.4. The van der Waals surface area contributed by atoms with Gasteiger partial charge in [0.1, 0.15) is 0 Å². The quantitative estimate of drug-likeness (QED) is 0.794. The van der Waals surface area contributed by atoms with Gasteiger partial charge in [-0.2, -0.15) is 0 Å². The Labute approximate surface area is 167 Å². The van der Waals surface area contributed by atoms with Gasteiger partial charge in [0.15, 0.2) is 0 Å². The molecule has 6 heteroatoms. The predicted octanol–water partition coefficient (Wildman–Crippen LogP) is 1.79. The molecule has 6 nitrogen and oxygen atoms in total. The zero-order valence-corrected chi connectivity index (χ0v) is 17.2. The summed E-state index contributed by atoms with van der Waals surface area (Å²) in [6, 6.07) is 9.72. The summed E-state index contributed by atoms with van der Waals surface area (Å²) in [5.41, 5.74) is 0.610. The Morgan fingerprint density at radius 1 is 1.04 bits per heavy atom. The molecule has 0 saturated carbocycles. The number of hydrogen-bond donors (Lipinski definition) is 0. The largest absolute Gasteiger partial charge is 0.342 e. The molecule has 0 aromatic heterocycles. The Kier molecular flexibility index (Phi) is 6.06. The minimum Gasteiger partial charge on any atom is -0.342 e. The molecule has 2 saturated heterocycles. The molecule has 0 bridgehead atoms. The van der Waals surface area contributed by atoms with Gasteiger partial charge in [-0.15, -0.1) is 0 Å². The van der Waals surface area contributed by atoms with Gasteiger partial charge >= 0.3 is 0 Å². The fourth-order valence-corrected chi connectivity index (χ4v) is 4.39. The number of carbonyl (C=O) groups is 3. The number of amides is 3. The zero-order chi connectivity index (χ0) is 20.3. The van der Waals surface area contributed by atoms with E-state index in [4.69, 9.17) is 0 Å². The van der Waals surface area contributed by atoms with E-state index in [2.05, 4.69) is 0 Å². The first-order chi connectivity index (χ1) is 13.3. The van der Waals surface area contributed by atoms with E-state index < -0.39 is 0 Å². The second-order valence-corrected chi connectivity index (χ2v) is 8.48. The first-order valence-corrected chi connectivity index (χ1v) is 10.2. The zero-order valence-electron chi connectivity index (χ0n) is 17.2. The lowest BCUT2D eigenvalue weighted by molar-refractivity contribution is -0.136. The van der Waals surface area contributed by atoms with Crippen molar-refractivity contribution in [3.63, 3.8) is 0 Å². The van der Waals surface area contributed by atoms with Crippen molar-refractivity contribution in [3.05, 3.63) is 35.9 Å². The van der Waals surface area contributed by atoms with E-state index in [1.165, 1.54) is 0 Å². The number of rotatable bonds is 4. The van der Waals surface area contributed by atoms with Gasteiger partial charge in [0.2, 0.25) is 17.7 Å². The topological polar surface area (TPSA) is 60.9 Å². The third-order valence-electron chi connectivity index (χ3n) is 5.84. The Morgan fingerprint density at radius 2 is 1.68 bits per heavy atom. The van der Waals surface area contributed by atoms with Crippen molar-refractivity contribution < 1.29 is 14.4 Å². The van der Waals surface area contributed by atoms with Crippen molar-refractivity contribution in [2.24, 2.45) is 11.3 Å². The van der Waals surface area contributed by atoms with Crippen molar-refractivity contribution in [2.45, 2.75) is 33.6 Å². The van der Waals surface area contributed by atoms with Crippen LogP contribution >= 0.6 is 0 Å². The maximum atomic E-state index is 13.0. The van der Waals surface area contributed by atoms with E-state index in [0.29, 0.717) is 52.1 Å². The maximum Gasteiger partial charge on any atom is 0.227 e. The summed E-state index contributed by atoms with van der Waals surface area (Å²) in [6.45, 7) is 9.17. The maximum absolute atomic E-state index is 13.0. The van der Waals surface area contributed by atoms with Crippen molar-refractivity contribution in [2.75, 3.05) is 39.3 Å². The molecule has 2 heterocycles. The second-order valence-electron chi connectivity index (χ2n) is 8.48. The second kappa shape index (κ2) is 8.33. The average molecular weight is 386 g/mol. The lowest BCUT2D eigenvalue weighted by Crippen LogP contribution is -2.46. The van der Waals surface area contributed by atoms with Crippen LogP contribution in [-0.4, -0.2) is 71.7 Å². The monoisotopic (exact) mass is 385 g/mol. The summed E-state index contributed by atoms with van der Waals surface area (Å²) >= 11 is 0. The van der Waals surface area contributed by atoms with Crippen LogP contribution in [0.4, 0.5) is 0 Å². The molecule has 0 N–H and O–H groups in total. The van der Waals surface area contributed by atoms with Gasteiger partial charge in [-0.25, -0.2) is 0 Å². The molecule has 3 rings (SSSR count). The van der Waals surface area contributed by atoms with Crippen LogP contribution in [0, 0.1) is 11.3 Å². The van der Waals surface area contributed by atoms with E-state index in [1.807, 2.05) is 65.8 Å². The number of carbonyl (C=O) groups excluding carboxylic acids is 3. The van der Waals surface area contributed by atoms with Crippen molar-refractivity contribution >= 4 is 17.7 Å². The highest BCUT2D eigenvalue weighted by Crippen LogP contribution is 2.35. The summed E-state index contributed by atoms with van der Waals surface area (Å²) in [6.07, 6.45) is 0.748. The molecule has 0 radical (unpaired) electrons. The summed E-state index contributed by atoms with van der Waals surface area (Å²) in [5, 5.41) is 0. The number of hydrogen-bond acceptors (Lipinski definition) is 3. The van der Waals surface area contributed by atoms with Gasteiger partial charge in [0.25, 0.3) is 0 Å². The smallest absolute Gasteiger partial charge is 0.227 e. The molecule has 0 aliphatic carbocycles. The molecule has 1 aromatic rings. The van der Waals surface area contributed by atoms with E-state index in [-0.39, 0.29) is 29.1 Å². The van der Waals surface area contributed by atoms with Crippen LogP contribution in [0.15, 0.2) is 30.3 Å². The Balaban J connectivity index is 1.82. The molecule has 1 aromatic carbocycles. The van der Waals surface area contributed by atoms with Crippen molar-refractivity contribution in [1.82, 2.24) is 14.7 Å². The van der Waals surface area contributed by atoms with Crippen molar-refractivity contribution in [1.29, 1.82) is 0 Å². The number of benzene rings is 1. The van der Waals surface area contributed by atoms with Gasteiger partial charge in [0, 0.05) is 57.0 Å². The molecule has 0 unspecified atom stereocenters. The summed E-state index contributed by atoms with van der Waals surface area (Å²) < 4.78 is 0. The van der Waals surface area contributed by atoms with E-state index >= 15 is 0 Å². The molecule has 3 amide bonds. The van der Waals surface area contributed by atoms with Crippen LogP contribution in [0.2, 0.25) is 0 Å². The van der Waals surface area contributed by atoms with Crippen LogP contribution in [0.5, 0.6) is 0 Å². The highest BCUT2D eigenvalue weighted by Gasteiger charge is 2.47. The standard InChI is InChI=1S/C22H31N3O3/c1-4-23-14-22(13-20(23)27)15-24(10-11-25(16-22)21(28)17(2)3)19(26)12-18-8-6-5-7-9-18/h5-9,17H,4,10-16H2,1-3H3/t22-/m0/s1. The molecule has 2 fully saturated rings. The summed E-state index contributed by atoms with van der Waals surface area (Å²) in [4.78, 5) is 43.8. The third-order valence-corrected chi connectivity index (χ3v) is 5.84. The van der Waals surface area contributed by atoms with Crippen LogP contribution in [-0.2, 0) is 20.8 Å². The van der Waals surface area contributed by atoms with E-state index in [9.17, 15) is 14.4 Å².